The van der Waals surface area contributed by atoms with Gasteiger partial charge in [-0.05, 0) is 54.1 Å². The molecule has 0 radical (unpaired) electrons. The maximum Gasteiger partial charge on any atom is 0.237 e. The quantitative estimate of drug-likeness (QED) is 0.722. The molecule has 1 unspecified atom stereocenters. The second-order valence-corrected chi connectivity index (χ2v) is 7.34. The Morgan fingerprint density at radius 3 is 2.81 bits per heavy atom. The van der Waals surface area contributed by atoms with Gasteiger partial charge in [-0.2, -0.15) is 0 Å². The monoisotopic (exact) mass is 374 g/mol. The van der Waals surface area contributed by atoms with Crippen LogP contribution in [0.3, 0.4) is 0 Å². The summed E-state index contributed by atoms with van der Waals surface area (Å²) in [5.41, 5.74) is 2.37. The molecular weight excluding hydrogens is 348 g/mol. The normalized spacial score (nSPS) is 16.4. The van der Waals surface area contributed by atoms with Gasteiger partial charge in [-0.25, -0.2) is 0 Å². The molecule has 1 aliphatic rings. The summed E-state index contributed by atoms with van der Waals surface area (Å²) in [4.78, 5) is 16.3. The van der Waals surface area contributed by atoms with E-state index >= 15 is 0 Å². The van der Waals surface area contributed by atoms with E-state index in [-0.39, 0.29) is 11.9 Å². The number of thiophene rings is 1. The van der Waals surface area contributed by atoms with Crippen molar-refractivity contribution in [3.63, 3.8) is 0 Å². The molecule has 6 heteroatoms. The minimum Gasteiger partial charge on any atom is -0.497 e. The van der Waals surface area contributed by atoms with Crippen LogP contribution in [0.5, 0.6) is 5.75 Å². The molecule has 1 aliphatic heterocycles. The van der Waals surface area contributed by atoms with Gasteiger partial charge in [-0.15, -0.1) is 11.3 Å². The SMILES string of the molecule is COCCCNCC(=O)N1CCc2sccc2C1c1ccc(OC)cc1. The number of rotatable bonds is 8. The van der Waals surface area contributed by atoms with Crippen LogP contribution >= 0.6 is 11.3 Å². The van der Waals surface area contributed by atoms with Gasteiger partial charge in [0.25, 0.3) is 0 Å². The van der Waals surface area contributed by atoms with E-state index in [4.69, 9.17) is 9.47 Å². The number of hydrogen-bond donors (Lipinski definition) is 1. The highest BCUT2D eigenvalue weighted by Gasteiger charge is 2.32. The van der Waals surface area contributed by atoms with Gasteiger partial charge in [-0.3, -0.25) is 4.79 Å². The van der Waals surface area contributed by atoms with Crippen molar-refractivity contribution >= 4 is 17.2 Å². The summed E-state index contributed by atoms with van der Waals surface area (Å²) in [5, 5.41) is 5.36. The number of methoxy groups -OCH3 is 2. The maximum absolute atomic E-state index is 12.9. The fourth-order valence-corrected chi connectivity index (χ4v) is 4.27. The van der Waals surface area contributed by atoms with Crippen LogP contribution in [0.25, 0.3) is 0 Å². The number of fused-ring (bicyclic) bond motifs is 1. The second kappa shape index (κ2) is 9.16. The first-order valence-electron chi connectivity index (χ1n) is 8.94. The lowest BCUT2D eigenvalue weighted by atomic mass is 9.93. The first-order chi connectivity index (χ1) is 12.7. The summed E-state index contributed by atoms with van der Waals surface area (Å²) in [6.07, 6.45) is 1.83. The average molecular weight is 375 g/mol. The highest BCUT2D eigenvalue weighted by atomic mass is 32.1. The third kappa shape index (κ3) is 4.26. The molecule has 1 aromatic carbocycles. The number of carbonyl (C=O) groups excluding carboxylic acids is 1. The summed E-state index contributed by atoms with van der Waals surface area (Å²) < 4.78 is 10.3. The molecule has 140 valence electrons. The Morgan fingerprint density at radius 2 is 2.08 bits per heavy atom. The zero-order valence-corrected chi connectivity index (χ0v) is 16.2. The predicted molar refractivity (Wildman–Crippen MR) is 104 cm³/mol. The molecule has 1 N–H and O–H groups in total. The van der Waals surface area contributed by atoms with Crippen molar-refractivity contribution in [1.82, 2.24) is 10.2 Å². The van der Waals surface area contributed by atoms with Gasteiger partial charge in [-0.1, -0.05) is 12.1 Å². The molecule has 1 amide bonds. The van der Waals surface area contributed by atoms with E-state index in [2.05, 4.69) is 28.9 Å². The fourth-order valence-electron chi connectivity index (χ4n) is 3.37. The number of hydrogen-bond acceptors (Lipinski definition) is 5. The average Bonchev–Trinajstić information content (AvgIpc) is 3.16. The number of benzene rings is 1. The van der Waals surface area contributed by atoms with Gasteiger partial charge < -0.3 is 19.7 Å². The summed E-state index contributed by atoms with van der Waals surface area (Å²) in [6, 6.07) is 10.2. The van der Waals surface area contributed by atoms with E-state index in [1.54, 1.807) is 25.6 Å². The van der Waals surface area contributed by atoms with E-state index in [1.807, 2.05) is 17.0 Å². The van der Waals surface area contributed by atoms with Gasteiger partial charge in [0, 0.05) is 25.1 Å². The van der Waals surface area contributed by atoms with Crippen molar-refractivity contribution in [2.24, 2.45) is 0 Å². The van der Waals surface area contributed by atoms with Gasteiger partial charge >= 0.3 is 0 Å². The molecule has 0 bridgehead atoms. The van der Waals surface area contributed by atoms with Gasteiger partial charge in [0.05, 0.1) is 19.7 Å². The van der Waals surface area contributed by atoms with E-state index in [9.17, 15) is 4.79 Å². The molecular formula is C20H26N2O3S. The minimum atomic E-state index is -0.0239. The Kier molecular flexibility index (Phi) is 6.66. The van der Waals surface area contributed by atoms with Crippen molar-refractivity contribution in [2.45, 2.75) is 18.9 Å². The van der Waals surface area contributed by atoms with Crippen LogP contribution in [0.4, 0.5) is 0 Å². The molecule has 0 saturated heterocycles. The maximum atomic E-state index is 12.9. The minimum absolute atomic E-state index is 0.0239. The molecule has 0 spiro atoms. The molecule has 0 aliphatic carbocycles. The highest BCUT2D eigenvalue weighted by Crippen LogP contribution is 2.38. The van der Waals surface area contributed by atoms with Gasteiger partial charge in [0.2, 0.25) is 5.91 Å². The van der Waals surface area contributed by atoms with Crippen LogP contribution in [-0.2, 0) is 16.0 Å². The summed E-state index contributed by atoms with van der Waals surface area (Å²) in [7, 11) is 3.36. The topological polar surface area (TPSA) is 50.8 Å². The summed E-state index contributed by atoms with van der Waals surface area (Å²) >= 11 is 1.78. The van der Waals surface area contributed by atoms with Crippen LogP contribution < -0.4 is 10.1 Å². The highest BCUT2D eigenvalue weighted by molar-refractivity contribution is 7.10. The van der Waals surface area contributed by atoms with Crippen LogP contribution in [0.2, 0.25) is 0 Å². The lowest BCUT2D eigenvalue weighted by molar-refractivity contribution is -0.132. The molecule has 3 rings (SSSR count). The summed E-state index contributed by atoms with van der Waals surface area (Å²) in [5.74, 6) is 0.966. The van der Waals surface area contributed by atoms with E-state index in [1.165, 1.54) is 10.4 Å². The molecule has 0 saturated carbocycles. The molecule has 0 fully saturated rings. The zero-order valence-electron chi connectivity index (χ0n) is 15.4. The van der Waals surface area contributed by atoms with E-state index in [0.29, 0.717) is 13.2 Å². The lowest BCUT2D eigenvalue weighted by Gasteiger charge is -2.36. The third-order valence-electron chi connectivity index (χ3n) is 4.70. The number of amides is 1. The van der Waals surface area contributed by atoms with E-state index < -0.39 is 0 Å². The van der Waals surface area contributed by atoms with Gasteiger partial charge in [0.1, 0.15) is 5.75 Å². The Morgan fingerprint density at radius 1 is 1.27 bits per heavy atom. The van der Waals surface area contributed by atoms with Crippen molar-refractivity contribution < 1.29 is 14.3 Å². The van der Waals surface area contributed by atoms with Crippen molar-refractivity contribution in [1.29, 1.82) is 0 Å². The second-order valence-electron chi connectivity index (χ2n) is 6.34. The Bertz CT molecular complexity index is 714. The van der Waals surface area contributed by atoms with Crippen molar-refractivity contribution in [3.8, 4) is 5.75 Å². The van der Waals surface area contributed by atoms with Gasteiger partial charge in [0.15, 0.2) is 0 Å². The fraction of sp³-hybridized carbons (Fsp3) is 0.450. The Balaban J connectivity index is 1.76. The zero-order chi connectivity index (χ0) is 18.4. The molecule has 1 aromatic heterocycles. The smallest absolute Gasteiger partial charge is 0.237 e. The Hall–Kier alpha value is -1.89. The van der Waals surface area contributed by atoms with Crippen LogP contribution in [0, 0.1) is 0 Å². The number of nitrogens with one attached hydrogen (secondary N) is 1. The first-order valence-corrected chi connectivity index (χ1v) is 9.82. The largest absolute Gasteiger partial charge is 0.497 e. The standard InChI is InChI=1S/C20H26N2O3S/c1-24-12-3-10-21-14-19(23)22-11-8-18-17(9-13-26-18)20(22)15-4-6-16(25-2)7-5-15/h4-7,9,13,20-21H,3,8,10-12,14H2,1-2H3. The van der Waals surface area contributed by atoms with Crippen LogP contribution in [-0.4, -0.2) is 51.3 Å². The first kappa shape index (κ1) is 18.9. The third-order valence-corrected chi connectivity index (χ3v) is 5.69. The van der Waals surface area contributed by atoms with Crippen molar-refractivity contribution in [3.05, 3.63) is 51.7 Å². The molecule has 1 atom stereocenters. The lowest BCUT2D eigenvalue weighted by Crippen LogP contribution is -2.44. The van der Waals surface area contributed by atoms with E-state index in [0.717, 1.165) is 37.2 Å². The van der Waals surface area contributed by atoms with Crippen molar-refractivity contribution in [2.75, 3.05) is 40.5 Å². The molecule has 5 nitrogen and oxygen atoms in total. The molecule has 26 heavy (non-hydrogen) atoms. The molecule has 2 heterocycles. The Labute approximate surface area is 158 Å². The van der Waals surface area contributed by atoms with Crippen LogP contribution in [0.1, 0.15) is 28.5 Å². The van der Waals surface area contributed by atoms with Crippen LogP contribution in [0.15, 0.2) is 35.7 Å². The summed E-state index contributed by atoms with van der Waals surface area (Å²) in [6.45, 7) is 2.60. The number of ether oxygens (including phenoxy) is 2. The number of nitrogens with zero attached hydrogens (tertiary/aromatic N) is 1. The predicted octanol–water partition coefficient (Wildman–Crippen LogP) is 2.86. The molecule has 2 aromatic rings. The number of carbonyl (C=O) groups is 1.